The molecule has 0 aromatic rings. The van der Waals surface area contributed by atoms with E-state index >= 15 is 0 Å². The van der Waals surface area contributed by atoms with E-state index in [0.29, 0.717) is 12.8 Å². The molecule has 0 heterocycles. The summed E-state index contributed by atoms with van der Waals surface area (Å²) in [4.78, 5) is 12.6. The Hall–Kier alpha value is -0.660. The number of hydrogen-bond acceptors (Lipinski definition) is 4. The smallest absolute Gasteiger partial charge is 0.266 e. The van der Waals surface area contributed by atoms with E-state index in [9.17, 15) is 22.9 Å². The van der Waals surface area contributed by atoms with Crippen LogP contribution >= 0.6 is 0 Å². The molecule has 0 fully saturated rings. The molecule has 0 saturated carbocycles. The maximum absolute atomic E-state index is 12.6. The van der Waals surface area contributed by atoms with Crippen LogP contribution in [0.5, 0.6) is 0 Å². The van der Waals surface area contributed by atoms with Crippen molar-refractivity contribution >= 4 is 16.0 Å². The fourth-order valence-corrected chi connectivity index (χ4v) is 8.86. The Bertz CT molecular complexity index is 882. The second-order valence-electron chi connectivity index (χ2n) is 17.5. The summed E-state index contributed by atoms with van der Waals surface area (Å²) in [5.41, 5.74) is 0. The summed E-state index contributed by atoms with van der Waals surface area (Å²) in [5.74, 6) is -0.878. The van der Waals surface area contributed by atoms with Gasteiger partial charge in [0.1, 0.15) is 0 Å². The minimum absolute atomic E-state index is 0.238. The SMILES string of the molecule is CCCCCCCCCCCCCCCCCCCCCCCC(O)C(CS(=O)(=O)O)NC(=O)CCCCCCCCCCCCCCCCCCCCC. The van der Waals surface area contributed by atoms with Gasteiger partial charge in [0.2, 0.25) is 5.91 Å². The number of carbonyl (C=O) groups excluding carboxylic acids is 1. The van der Waals surface area contributed by atoms with Crippen molar-refractivity contribution in [2.45, 2.75) is 296 Å². The average molecular weight is 800 g/mol. The van der Waals surface area contributed by atoms with Gasteiger partial charge in [-0.05, 0) is 12.8 Å². The lowest BCUT2D eigenvalue weighted by molar-refractivity contribution is -0.122. The quantitative estimate of drug-likeness (QED) is 0.0420. The Kier molecular flexibility index (Phi) is 42.4. The normalized spacial score (nSPS) is 13.0. The highest BCUT2D eigenvalue weighted by atomic mass is 32.2. The molecule has 0 saturated heterocycles. The summed E-state index contributed by atoms with van der Waals surface area (Å²) in [6.45, 7) is 4.56. The molecule has 0 spiro atoms. The van der Waals surface area contributed by atoms with Gasteiger partial charge in [0, 0.05) is 6.42 Å². The first-order chi connectivity index (χ1) is 26.8. The molecule has 0 bridgehead atoms. The summed E-state index contributed by atoms with van der Waals surface area (Å²) in [6, 6.07) is -0.965. The van der Waals surface area contributed by atoms with Crippen molar-refractivity contribution in [2.75, 3.05) is 5.75 Å². The molecule has 2 atom stereocenters. The average Bonchev–Trinajstić information content (AvgIpc) is 3.15. The molecular weight excluding hydrogens is 703 g/mol. The summed E-state index contributed by atoms with van der Waals surface area (Å²) < 4.78 is 32.7. The molecule has 0 aromatic carbocycles. The number of unbranched alkanes of at least 4 members (excludes halogenated alkanes) is 38. The number of amides is 1. The zero-order valence-corrected chi connectivity index (χ0v) is 37.9. The molecule has 0 aromatic heterocycles. The van der Waals surface area contributed by atoms with Crippen molar-refractivity contribution in [3.8, 4) is 0 Å². The molecule has 330 valence electrons. The number of rotatable bonds is 46. The van der Waals surface area contributed by atoms with E-state index in [0.717, 1.165) is 38.5 Å². The van der Waals surface area contributed by atoms with Crippen molar-refractivity contribution < 1.29 is 22.9 Å². The van der Waals surface area contributed by atoms with Crippen molar-refractivity contribution in [2.24, 2.45) is 0 Å². The Morgan fingerprint density at radius 1 is 0.418 bits per heavy atom. The van der Waals surface area contributed by atoms with E-state index in [1.165, 1.54) is 218 Å². The number of aliphatic hydroxyl groups is 1. The van der Waals surface area contributed by atoms with E-state index in [1.54, 1.807) is 0 Å². The van der Waals surface area contributed by atoms with E-state index in [1.807, 2.05) is 0 Å². The fraction of sp³-hybridized carbons (Fsp3) is 0.979. The lowest BCUT2D eigenvalue weighted by Crippen LogP contribution is -2.47. The predicted molar refractivity (Wildman–Crippen MR) is 240 cm³/mol. The molecule has 0 aliphatic heterocycles. The Morgan fingerprint density at radius 2 is 0.655 bits per heavy atom. The van der Waals surface area contributed by atoms with Gasteiger partial charge in [-0.25, -0.2) is 0 Å². The van der Waals surface area contributed by atoms with Gasteiger partial charge >= 0.3 is 0 Å². The first-order valence-electron chi connectivity index (χ1n) is 24.7. The zero-order valence-electron chi connectivity index (χ0n) is 37.1. The van der Waals surface area contributed by atoms with Crippen LogP contribution in [0.25, 0.3) is 0 Å². The molecule has 0 aliphatic rings. The molecule has 3 N–H and O–H groups in total. The van der Waals surface area contributed by atoms with Crippen LogP contribution in [0.1, 0.15) is 284 Å². The van der Waals surface area contributed by atoms with Crippen molar-refractivity contribution in [3.05, 3.63) is 0 Å². The summed E-state index contributed by atoms with van der Waals surface area (Å²) in [7, 11) is -4.31. The fourth-order valence-electron chi connectivity index (χ4n) is 8.11. The van der Waals surface area contributed by atoms with Gasteiger partial charge in [-0.15, -0.1) is 0 Å². The molecule has 0 aliphatic carbocycles. The maximum atomic E-state index is 12.6. The topological polar surface area (TPSA) is 104 Å². The van der Waals surface area contributed by atoms with Crippen LogP contribution in [0, 0.1) is 0 Å². The lowest BCUT2D eigenvalue weighted by Gasteiger charge is -2.23. The van der Waals surface area contributed by atoms with Gasteiger partial charge in [0.25, 0.3) is 10.1 Å². The highest BCUT2D eigenvalue weighted by molar-refractivity contribution is 7.85. The Labute approximate surface area is 344 Å². The second-order valence-corrected chi connectivity index (χ2v) is 19.0. The summed E-state index contributed by atoms with van der Waals surface area (Å²) in [6.07, 6.45) is 52.1. The number of aliphatic hydroxyl groups excluding tert-OH is 1. The van der Waals surface area contributed by atoms with Crippen molar-refractivity contribution in [1.29, 1.82) is 0 Å². The number of hydrogen-bond donors (Lipinski definition) is 3. The van der Waals surface area contributed by atoms with Crippen LogP contribution in [-0.4, -0.2) is 41.9 Å². The molecule has 1 amide bonds. The zero-order chi connectivity index (χ0) is 40.3. The number of nitrogens with one attached hydrogen (secondary N) is 1. The maximum Gasteiger partial charge on any atom is 0.266 e. The highest BCUT2D eigenvalue weighted by Gasteiger charge is 2.26. The molecule has 6 nitrogen and oxygen atoms in total. The van der Waals surface area contributed by atoms with Crippen molar-refractivity contribution in [3.63, 3.8) is 0 Å². The third-order valence-corrected chi connectivity index (χ3v) is 12.6. The van der Waals surface area contributed by atoms with Crippen LogP contribution < -0.4 is 5.32 Å². The molecule has 7 heteroatoms. The third kappa shape index (κ3) is 44.3. The van der Waals surface area contributed by atoms with Crippen molar-refractivity contribution in [1.82, 2.24) is 5.32 Å². The second kappa shape index (κ2) is 42.9. The first kappa shape index (κ1) is 54.3. The van der Waals surface area contributed by atoms with E-state index in [4.69, 9.17) is 0 Å². The Morgan fingerprint density at radius 3 is 0.909 bits per heavy atom. The summed E-state index contributed by atoms with van der Waals surface area (Å²) >= 11 is 0. The van der Waals surface area contributed by atoms with E-state index in [-0.39, 0.29) is 5.91 Å². The largest absolute Gasteiger partial charge is 0.391 e. The molecule has 0 rings (SSSR count). The van der Waals surface area contributed by atoms with Gasteiger partial charge < -0.3 is 10.4 Å². The minimum Gasteiger partial charge on any atom is -0.391 e. The third-order valence-electron chi connectivity index (χ3n) is 11.8. The van der Waals surface area contributed by atoms with E-state index in [2.05, 4.69) is 19.2 Å². The minimum atomic E-state index is -4.31. The molecule has 0 radical (unpaired) electrons. The van der Waals surface area contributed by atoms with Crippen LogP contribution in [-0.2, 0) is 14.9 Å². The van der Waals surface area contributed by atoms with Gasteiger partial charge in [-0.1, -0.05) is 264 Å². The predicted octanol–water partition coefficient (Wildman–Crippen LogP) is 15.1. The first-order valence-corrected chi connectivity index (χ1v) is 26.3. The van der Waals surface area contributed by atoms with Gasteiger partial charge in [0.15, 0.2) is 0 Å². The monoisotopic (exact) mass is 800 g/mol. The Balaban J connectivity index is 3.72. The van der Waals surface area contributed by atoms with Crippen LogP contribution in [0.4, 0.5) is 0 Å². The lowest BCUT2D eigenvalue weighted by atomic mass is 10.0. The van der Waals surface area contributed by atoms with Crippen LogP contribution in [0.2, 0.25) is 0 Å². The van der Waals surface area contributed by atoms with Gasteiger partial charge in [-0.3, -0.25) is 9.35 Å². The van der Waals surface area contributed by atoms with Gasteiger partial charge in [-0.2, -0.15) is 8.42 Å². The molecule has 2 unspecified atom stereocenters. The standard InChI is InChI=1S/C48H97NO5S/c1-3-5-7-9-11-13-15-17-19-21-23-24-26-27-29-31-33-35-37-39-41-43-47(50)46(45-55(52,53)54)49-48(51)44-42-40-38-36-34-32-30-28-25-22-20-18-16-14-12-10-8-6-4-2/h46-47,50H,3-45H2,1-2H3,(H,49,51)(H,52,53,54). The number of carbonyl (C=O) groups is 1. The molecule has 55 heavy (non-hydrogen) atoms. The van der Waals surface area contributed by atoms with Gasteiger partial charge in [0.05, 0.1) is 17.9 Å². The van der Waals surface area contributed by atoms with E-state index < -0.39 is 28.0 Å². The summed E-state index contributed by atoms with van der Waals surface area (Å²) in [5, 5.41) is 13.4. The van der Waals surface area contributed by atoms with Crippen LogP contribution in [0.3, 0.4) is 0 Å². The highest BCUT2D eigenvalue weighted by Crippen LogP contribution is 2.18. The molecular formula is C48H97NO5S. The van der Waals surface area contributed by atoms with Crippen LogP contribution in [0.15, 0.2) is 0 Å².